The minimum Gasteiger partial charge on any atom is -0.369 e. The van der Waals surface area contributed by atoms with Crippen LogP contribution in [0.15, 0.2) is 24.3 Å². The second-order valence-electron chi connectivity index (χ2n) is 4.73. The monoisotopic (exact) mass is 284 g/mol. The third-order valence-electron chi connectivity index (χ3n) is 3.53. The molecule has 0 unspecified atom stereocenters. The van der Waals surface area contributed by atoms with E-state index in [0.717, 1.165) is 42.3 Å². The SMILES string of the molecule is CSCCc1nn(-c2ccccc2C#N)c2c1CCN2. The van der Waals surface area contributed by atoms with Gasteiger partial charge in [-0.1, -0.05) is 12.1 Å². The Morgan fingerprint density at radius 1 is 1.45 bits per heavy atom. The van der Waals surface area contributed by atoms with Crippen LogP contribution in [0.5, 0.6) is 0 Å². The summed E-state index contributed by atoms with van der Waals surface area (Å²) in [6.07, 6.45) is 4.11. The summed E-state index contributed by atoms with van der Waals surface area (Å²) in [4.78, 5) is 0. The van der Waals surface area contributed by atoms with Gasteiger partial charge in [0.2, 0.25) is 0 Å². The largest absolute Gasteiger partial charge is 0.369 e. The highest BCUT2D eigenvalue weighted by atomic mass is 32.2. The van der Waals surface area contributed by atoms with Crippen LogP contribution in [0.1, 0.15) is 16.8 Å². The summed E-state index contributed by atoms with van der Waals surface area (Å²) in [6, 6.07) is 9.85. The summed E-state index contributed by atoms with van der Waals surface area (Å²) in [5.41, 5.74) is 3.98. The number of fused-ring (bicyclic) bond motifs is 1. The van der Waals surface area contributed by atoms with Crippen LogP contribution >= 0.6 is 11.8 Å². The van der Waals surface area contributed by atoms with Crippen LogP contribution in [-0.2, 0) is 12.8 Å². The summed E-state index contributed by atoms with van der Waals surface area (Å²) < 4.78 is 1.90. The number of anilines is 1. The highest BCUT2D eigenvalue weighted by molar-refractivity contribution is 7.98. The van der Waals surface area contributed by atoms with Crippen molar-refractivity contribution < 1.29 is 0 Å². The minimum absolute atomic E-state index is 0.655. The Labute approximate surface area is 122 Å². The number of nitrogens with one attached hydrogen (secondary N) is 1. The van der Waals surface area contributed by atoms with Gasteiger partial charge in [0.25, 0.3) is 0 Å². The van der Waals surface area contributed by atoms with Gasteiger partial charge in [0, 0.05) is 18.5 Å². The molecule has 2 aromatic rings. The van der Waals surface area contributed by atoms with Crippen LogP contribution in [0.2, 0.25) is 0 Å². The van der Waals surface area contributed by atoms with E-state index < -0.39 is 0 Å². The lowest BCUT2D eigenvalue weighted by atomic mass is 10.1. The molecule has 0 saturated heterocycles. The van der Waals surface area contributed by atoms with Crippen molar-refractivity contribution in [2.24, 2.45) is 0 Å². The molecule has 2 heterocycles. The molecular formula is C15H16N4S. The minimum atomic E-state index is 0.655. The summed E-state index contributed by atoms with van der Waals surface area (Å²) >= 11 is 1.83. The van der Waals surface area contributed by atoms with Gasteiger partial charge in [-0.3, -0.25) is 0 Å². The molecule has 1 aromatic carbocycles. The van der Waals surface area contributed by atoms with Crippen molar-refractivity contribution in [2.45, 2.75) is 12.8 Å². The Kier molecular flexibility index (Phi) is 3.66. The molecule has 0 saturated carbocycles. The lowest BCUT2D eigenvalue weighted by Gasteiger charge is -2.07. The standard InChI is InChI=1S/C15H16N4S/c1-20-9-7-13-12-6-8-17-15(12)19(18-13)14-5-3-2-4-11(14)10-16/h2-5,17H,6-9H2,1H3. The molecule has 0 bridgehead atoms. The van der Waals surface area contributed by atoms with E-state index in [-0.39, 0.29) is 0 Å². The Hall–Kier alpha value is -1.93. The second-order valence-corrected chi connectivity index (χ2v) is 5.72. The molecule has 5 heteroatoms. The topological polar surface area (TPSA) is 53.6 Å². The van der Waals surface area contributed by atoms with Crippen molar-refractivity contribution in [3.05, 3.63) is 41.1 Å². The van der Waals surface area contributed by atoms with Gasteiger partial charge in [-0.05, 0) is 30.6 Å². The molecule has 0 spiro atoms. The number of benzene rings is 1. The molecular weight excluding hydrogens is 268 g/mol. The summed E-state index contributed by atoms with van der Waals surface area (Å²) in [6.45, 7) is 0.953. The number of nitriles is 1. The summed E-state index contributed by atoms with van der Waals surface area (Å²) in [5.74, 6) is 2.13. The van der Waals surface area contributed by atoms with Crippen molar-refractivity contribution >= 4 is 17.6 Å². The molecule has 4 nitrogen and oxygen atoms in total. The first kappa shape index (κ1) is 13.1. The lowest BCUT2D eigenvalue weighted by Crippen LogP contribution is -2.06. The van der Waals surface area contributed by atoms with Crippen molar-refractivity contribution in [1.29, 1.82) is 5.26 Å². The molecule has 3 rings (SSSR count). The van der Waals surface area contributed by atoms with Gasteiger partial charge in [0.1, 0.15) is 11.9 Å². The number of para-hydroxylation sites is 1. The Morgan fingerprint density at radius 3 is 3.10 bits per heavy atom. The first-order valence-corrected chi connectivity index (χ1v) is 8.07. The average molecular weight is 284 g/mol. The zero-order chi connectivity index (χ0) is 13.9. The Bertz CT molecular complexity index is 669. The smallest absolute Gasteiger partial charge is 0.133 e. The molecule has 1 aliphatic heterocycles. The van der Waals surface area contributed by atoms with E-state index in [0.29, 0.717) is 5.56 Å². The van der Waals surface area contributed by atoms with Crippen molar-refractivity contribution in [3.63, 3.8) is 0 Å². The molecule has 20 heavy (non-hydrogen) atoms. The van der Waals surface area contributed by atoms with E-state index in [9.17, 15) is 5.26 Å². The molecule has 0 fully saturated rings. The molecule has 0 radical (unpaired) electrons. The third-order valence-corrected chi connectivity index (χ3v) is 4.14. The zero-order valence-electron chi connectivity index (χ0n) is 11.4. The Balaban J connectivity index is 2.08. The predicted octanol–water partition coefficient (Wildman–Crippen LogP) is 2.62. The maximum atomic E-state index is 9.26. The van der Waals surface area contributed by atoms with Crippen LogP contribution in [-0.4, -0.2) is 28.3 Å². The van der Waals surface area contributed by atoms with Gasteiger partial charge in [-0.15, -0.1) is 0 Å². The second kappa shape index (κ2) is 5.59. The molecule has 0 amide bonds. The quantitative estimate of drug-likeness (QED) is 0.937. The van der Waals surface area contributed by atoms with Gasteiger partial charge in [-0.25, -0.2) is 4.68 Å². The Morgan fingerprint density at radius 2 is 2.30 bits per heavy atom. The summed E-state index contributed by atoms with van der Waals surface area (Å²) in [5, 5.41) is 17.4. The van der Waals surface area contributed by atoms with E-state index >= 15 is 0 Å². The van der Waals surface area contributed by atoms with Gasteiger partial charge in [0.05, 0.1) is 16.9 Å². The fourth-order valence-corrected chi connectivity index (χ4v) is 2.97. The van der Waals surface area contributed by atoms with Crippen LogP contribution in [0.25, 0.3) is 5.69 Å². The van der Waals surface area contributed by atoms with Gasteiger partial charge in [0.15, 0.2) is 0 Å². The van der Waals surface area contributed by atoms with Crippen molar-refractivity contribution in [1.82, 2.24) is 9.78 Å². The molecule has 102 valence electrons. The number of thioether (sulfide) groups is 1. The number of aromatic nitrogens is 2. The molecule has 0 atom stereocenters. The normalized spacial score (nSPS) is 12.8. The zero-order valence-corrected chi connectivity index (χ0v) is 12.2. The number of hydrogen-bond donors (Lipinski definition) is 1. The number of nitrogens with zero attached hydrogens (tertiary/aromatic N) is 3. The first-order valence-electron chi connectivity index (χ1n) is 6.68. The van der Waals surface area contributed by atoms with E-state index in [2.05, 4.69) is 17.6 Å². The molecule has 1 N–H and O–H groups in total. The van der Waals surface area contributed by atoms with Gasteiger partial charge in [-0.2, -0.15) is 22.1 Å². The van der Waals surface area contributed by atoms with E-state index in [1.807, 2.05) is 40.7 Å². The third kappa shape index (κ3) is 2.16. The molecule has 0 aliphatic carbocycles. The van der Waals surface area contributed by atoms with Crippen LogP contribution in [0, 0.1) is 11.3 Å². The maximum absolute atomic E-state index is 9.26. The molecule has 1 aromatic heterocycles. The maximum Gasteiger partial charge on any atom is 0.133 e. The highest BCUT2D eigenvalue weighted by Crippen LogP contribution is 2.30. The lowest BCUT2D eigenvalue weighted by molar-refractivity contribution is 0.832. The average Bonchev–Trinajstić information content (AvgIpc) is 3.08. The predicted molar refractivity (Wildman–Crippen MR) is 82.6 cm³/mol. The van der Waals surface area contributed by atoms with Crippen molar-refractivity contribution in [3.8, 4) is 11.8 Å². The van der Waals surface area contributed by atoms with E-state index in [1.54, 1.807) is 0 Å². The highest BCUT2D eigenvalue weighted by Gasteiger charge is 2.23. The number of aryl methyl sites for hydroxylation is 1. The number of rotatable bonds is 4. The summed E-state index contributed by atoms with van der Waals surface area (Å²) in [7, 11) is 0. The van der Waals surface area contributed by atoms with Crippen LogP contribution < -0.4 is 5.32 Å². The van der Waals surface area contributed by atoms with Crippen LogP contribution in [0.3, 0.4) is 0 Å². The van der Waals surface area contributed by atoms with Gasteiger partial charge < -0.3 is 5.32 Å². The first-order chi connectivity index (χ1) is 9.85. The number of hydrogen-bond acceptors (Lipinski definition) is 4. The van der Waals surface area contributed by atoms with Crippen molar-refractivity contribution in [2.75, 3.05) is 23.9 Å². The van der Waals surface area contributed by atoms with E-state index in [1.165, 1.54) is 5.56 Å². The van der Waals surface area contributed by atoms with E-state index in [4.69, 9.17) is 5.10 Å². The van der Waals surface area contributed by atoms with Gasteiger partial charge >= 0.3 is 0 Å². The fraction of sp³-hybridized carbons (Fsp3) is 0.333. The molecule has 1 aliphatic rings. The van der Waals surface area contributed by atoms with Crippen LogP contribution in [0.4, 0.5) is 5.82 Å². The fourth-order valence-electron chi connectivity index (χ4n) is 2.57.